The highest BCUT2D eigenvalue weighted by molar-refractivity contribution is 5.77. The van der Waals surface area contributed by atoms with Crippen LogP contribution in [0.1, 0.15) is 30.5 Å². The van der Waals surface area contributed by atoms with Crippen LogP contribution in [0, 0.1) is 12.7 Å². The van der Waals surface area contributed by atoms with E-state index in [1.165, 1.54) is 11.1 Å². The monoisotopic (exact) mass is 334 g/mol. The fourth-order valence-corrected chi connectivity index (χ4v) is 3.27. The molecule has 0 aliphatic heterocycles. The van der Waals surface area contributed by atoms with Gasteiger partial charge in [0.1, 0.15) is 11.6 Å². The lowest BCUT2D eigenvalue weighted by Gasteiger charge is -2.17. The number of rotatable bonds is 4. The molecule has 3 aromatic carbocycles. The van der Waals surface area contributed by atoms with Crippen molar-refractivity contribution in [3.63, 3.8) is 0 Å². The number of aromatic hydroxyl groups is 1. The van der Waals surface area contributed by atoms with Gasteiger partial charge in [0.25, 0.3) is 0 Å². The standard InChI is InChI=1S/C23H23FO/c1-4-16-12-20(18-8-10-21(25)11-9-18)13-17(5-2)23(16)19-7-6-15(3)22(24)14-19/h6-14,25H,4-5H2,1-3H3. The van der Waals surface area contributed by atoms with E-state index in [0.717, 1.165) is 35.1 Å². The smallest absolute Gasteiger partial charge is 0.126 e. The normalized spacial score (nSPS) is 10.9. The van der Waals surface area contributed by atoms with Gasteiger partial charge in [0.05, 0.1) is 0 Å². The van der Waals surface area contributed by atoms with Gasteiger partial charge >= 0.3 is 0 Å². The topological polar surface area (TPSA) is 20.2 Å². The molecular weight excluding hydrogens is 311 g/mol. The lowest BCUT2D eigenvalue weighted by Crippen LogP contribution is -1.97. The summed E-state index contributed by atoms with van der Waals surface area (Å²) in [5.74, 6) is 0.103. The van der Waals surface area contributed by atoms with Gasteiger partial charge in [0, 0.05) is 0 Å². The summed E-state index contributed by atoms with van der Waals surface area (Å²) in [6.07, 6.45) is 1.76. The summed E-state index contributed by atoms with van der Waals surface area (Å²) in [6, 6.07) is 17.1. The SMILES string of the molecule is CCc1cc(-c2ccc(O)cc2)cc(CC)c1-c1ccc(C)c(F)c1. The maximum atomic E-state index is 14.1. The zero-order valence-electron chi connectivity index (χ0n) is 14.9. The molecule has 0 saturated carbocycles. The van der Waals surface area contributed by atoms with Crippen LogP contribution < -0.4 is 0 Å². The average molecular weight is 334 g/mol. The summed E-state index contributed by atoms with van der Waals surface area (Å²) >= 11 is 0. The van der Waals surface area contributed by atoms with Gasteiger partial charge in [0.15, 0.2) is 0 Å². The number of hydrogen-bond acceptors (Lipinski definition) is 1. The molecular formula is C23H23FO. The van der Waals surface area contributed by atoms with Gasteiger partial charge in [0.2, 0.25) is 0 Å². The van der Waals surface area contributed by atoms with Gasteiger partial charge in [-0.05, 0) is 76.9 Å². The Balaban J connectivity index is 2.19. The molecule has 1 nitrogen and oxygen atoms in total. The predicted octanol–water partition coefficient (Wildman–Crippen LogP) is 6.30. The summed E-state index contributed by atoms with van der Waals surface area (Å²) in [5, 5.41) is 9.51. The van der Waals surface area contributed by atoms with E-state index in [4.69, 9.17) is 0 Å². The molecule has 0 unspecified atom stereocenters. The van der Waals surface area contributed by atoms with Crippen LogP contribution in [0.25, 0.3) is 22.3 Å². The van der Waals surface area contributed by atoms with Crippen molar-refractivity contribution in [3.05, 3.63) is 77.1 Å². The van der Waals surface area contributed by atoms with Crippen LogP contribution in [0.4, 0.5) is 4.39 Å². The van der Waals surface area contributed by atoms with Crippen molar-refractivity contribution in [2.24, 2.45) is 0 Å². The third-order valence-corrected chi connectivity index (χ3v) is 4.72. The quantitative estimate of drug-likeness (QED) is 0.594. The van der Waals surface area contributed by atoms with Crippen molar-refractivity contribution in [2.45, 2.75) is 33.6 Å². The summed E-state index contributed by atoms with van der Waals surface area (Å²) in [5.41, 5.74) is 7.38. The van der Waals surface area contributed by atoms with E-state index in [9.17, 15) is 9.50 Å². The first kappa shape index (κ1) is 17.2. The van der Waals surface area contributed by atoms with Gasteiger partial charge in [-0.2, -0.15) is 0 Å². The summed E-state index contributed by atoms with van der Waals surface area (Å²) in [6.45, 7) is 6.04. The molecule has 1 N–H and O–H groups in total. The maximum absolute atomic E-state index is 14.1. The minimum atomic E-state index is -0.163. The second-order valence-electron chi connectivity index (χ2n) is 6.39. The number of benzene rings is 3. The Morgan fingerprint density at radius 2 is 1.32 bits per heavy atom. The zero-order chi connectivity index (χ0) is 18.0. The van der Waals surface area contributed by atoms with Gasteiger partial charge < -0.3 is 5.11 Å². The Bertz CT molecular complexity index is 869. The highest BCUT2D eigenvalue weighted by Gasteiger charge is 2.13. The Hall–Kier alpha value is -2.61. The number of aryl methyl sites for hydroxylation is 3. The van der Waals surface area contributed by atoms with Crippen LogP contribution in [-0.4, -0.2) is 5.11 Å². The Kier molecular flexibility index (Phi) is 4.89. The zero-order valence-corrected chi connectivity index (χ0v) is 14.9. The van der Waals surface area contributed by atoms with Crippen molar-refractivity contribution in [3.8, 4) is 28.0 Å². The van der Waals surface area contributed by atoms with Crippen molar-refractivity contribution in [1.29, 1.82) is 0 Å². The Morgan fingerprint density at radius 3 is 1.84 bits per heavy atom. The average Bonchev–Trinajstić information content (AvgIpc) is 2.63. The summed E-state index contributed by atoms with van der Waals surface area (Å²) in [7, 11) is 0. The van der Waals surface area contributed by atoms with Gasteiger partial charge in [-0.1, -0.05) is 50.2 Å². The summed E-state index contributed by atoms with van der Waals surface area (Å²) < 4.78 is 14.1. The van der Waals surface area contributed by atoms with Crippen LogP contribution in [0.5, 0.6) is 5.75 Å². The fraction of sp³-hybridized carbons (Fsp3) is 0.217. The van der Waals surface area contributed by atoms with Crippen LogP contribution in [-0.2, 0) is 12.8 Å². The first-order valence-electron chi connectivity index (χ1n) is 8.75. The lowest BCUT2D eigenvalue weighted by atomic mass is 9.88. The van der Waals surface area contributed by atoms with Crippen molar-refractivity contribution in [2.75, 3.05) is 0 Å². The molecule has 0 spiro atoms. The van der Waals surface area contributed by atoms with E-state index in [-0.39, 0.29) is 11.6 Å². The fourth-order valence-electron chi connectivity index (χ4n) is 3.27. The highest BCUT2D eigenvalue weighted by atomic mass is 19.1. The third-order valence-electron chi connectivity index (χ3n) is 4.72. The summed E-state index contributed by atoms with van der Waals surface area (Å²) in [4.78, 5) is 0. The minimum absolute atomic E-state index is 0.163. The van der Waals surface area contributed by atoms with E-state index in [1.54, 1.807) is 25.1 Å². The molecule has 0 radical (unpaired) electrons. The molecule has 128 valence electrons. The van der Waals surface area contributed by atoms with Crippen molar-refractivity contribution < 1.29 is 9.50 Å². The van der Waals surface area contributed by atoms with Crippen molar-refractivity contribution in [1.82, 2.24) is 0 Å². The molecule has 0 aliphatic rings. The Morgan fingerprint density at radius 1 is 0.760 bits per heavy atom. The molecule has 25 heavy (non-hydrogen) atoms. The number of phenols is 1. The van der Waals surface area contributed by atoms with Crippen LogP contribution in [0.15, 0.2) is 54.6 Å². The second-order valence-corrected chi connectivity index (χ2v) is 6.39. The molecule has 2 heteroatoms. The molecule has 0 saturated heterocycles. The molecule has 0 aliphatic carbocycles. The largest absolute Gasteiger partial charge is 0.508 e. The first-order chi connectivity index (χ1) is 12.0. The van der Waals surface area contributed by atoms with Gasteiger partial charge in [-0.3, -0.25) is 0 Å². The lowest BCUT2D eigenvalue weighted by molar-refractivity contribution is 0.475. The van der Waals surface area contributed by atoms with E-state index in [2.05, 4.69) is 26.0 Å². The van der Waals surface area contributed by atoms with Crippen LogP contribution in [0.2, 0.25) is 0 Å². The number of phenolic OH excluding ortho intramolecular Hbond substituents is 1. The molecule has 3 rings (SSSR count). The van der Waals surface area contributed by atoms with Crippen molar-refractivity contribution >= 4 is 0 Å². The minimum Gasteiger partial charge on any atom is -0.508 e. The van der Waals surface area contributed by atoms with Crippen LogP contribution in [0.3, 0.4) is 0 Å². The van der Waals surface area contributed by atoms with E-state index >= 15 is 0 Å². The van der Waals surface area contributed by atoms with Gasteiger partial charge in [-0.25, -0.2) is 4.39 Å². The van der Waals surface area contributed by atoms with E-state index < -0.39 is 0 Å². The first-order valence-corrected chi connectivity index (χ1v) is 8.75. The molecule has 0 heterocycles. The molecule has 0 bridgehead atoms. The molecule has 0 amide bonds. The highest BCUT2D eigenvalue weighted by Crippen LogP contribution is 2.34. The number of halogens is 1. The number of hydrogen-bond donors (Lipinski definition) is 1. The second kappa shape index (κ2) is 7.10. The molecule has 0 fully saturated rings. The predicted molar refractivity (Wildman–Crippen MR) is 102 cm³/mol. The van der Waals surface area contributed by atoms with Gasteiger partial charge in [-0.15, -0.1) is 0 Å². The molecule has 3 aromatic rings. The maximum Gasteiger partial charge on any atom is 0.126 e. The van der Waals surface area contributed by atoms with Crippen LogP contribution >= 0.6 is 0 Å². The third kappa shape index (κ3) is 3.43. The molecule has 0 atom stereocenters. The molecule has 0 aromatic heterocycles. The Labute approximate surface area is 148 Å². The van der Waals surface area contributed by atoms with E-state index in [1.807, 2.05) is 24.3 Å². The van der Waals surface area contributed by atoms with E-state index in [0.29, 0.717) is 5.56 Å².